The molecular weight excluding hydrogens is 704 g/mol. The van der Waals surface area contributed by atoms with E-state index < -0.39 is 23.3 Å². The summed E-state index contributed by atoms with van der Waals surface area (Å²) in [4.78, 5) is 8.84. The van der Waals surface area contributed by atoms with Gasteiger partial charge in [0.1, 0.15) is 58.7 Å². The number of rotatable bonds is 4. The van der Waals surface area contributed by atoms with Crippen LogP contribution in [0.5, 0.6) is 0 Å². The van der Waals surface area contributed by atoms with E-state index in [4.69, 9.17) is 9.47 Å². The normalized spacial score (nSPS) is 20.7. The summed E-state index contributed by atoms with van der Waals surface area (Å²) in [5.74, 6) is -2.62. The van der Waals surface area contributed by atoms with E-state index in [9.17, 15) is 17.6 Å². The van der Waals surface area contributed by atoms with Gasteiger partial charge in [-0.3, -0.25) is 0 Å². The minimum Gasteiger partial charge on any atom is -0.472 e. The third kappa shape index (κ3) is 6.61. The van der Waals surface area contributed by atoms with Gasteiger partial charge in [-0.25, -0.2) is 27.5 Å². The highest BCUT2D eigenvalue weighted by molar-refractivity contribution is 9.10. The van der Waals surface area contributed by atoms with Gasteiger partial charge in [0.15, 0.2) is 0 Å². The first-order valence-corrected chi connectivity index (χ1v) is 15.4. The van der Waals surface area contributed by atoms with Crippen LogP contribution in [-0.4, -0.2) is 24.0 Å². The van der Waals surface area contributed by atoms with Crippen LogP contribution in [0.4, 0.5) is 17.6 Å². The molecule has 0 fully saturated rings. The van der Waals surface area contributed by atoms with Crippen LogP contribution in [0.25, 0.3) is 0 Å². The van der Waals surface area contributed by atoms with Gasteiger partial charge in [-0.05, 0) is 98.5 Å². The second-order valence-corrected chi connectivity index (χ2v) is 12.4. The molecule has 0 saturated heterocycles. The fourth-order valence-corrected chi connectivity index (χ4v) is 6.19. The Morgan fingerprint density at radius 2 is 0.909 bits per heavy atom. The van der Waals surface area contributed by atoms with Gasteiger partial charge in [0.25, 0.3) is 0 Å². The summed E-state index contributed by atoms with van der Waals surface area (Å²) in [6.07, 6.45) is -0.567. The van der Waals surface area contributed by atoms with Gasteiger partial charge in [0.2, 0.25) is 11.8 Å². The fourth-order valence-electron chi connectivity index (χ4n) is 5.24. The number of aliphatic imine (C=N–C) groups is 2. The molecule has 4 nitrogen and oxygen atoms in total. The zero-order valence-corrected chi connectivity index (χ0v) is 27.4. The van der Waals surface area contributed by atoms with Crippen LogP contribution < -0.4 is 0 Å². The Hall–Kier alpha value is -3.50. The fraction of sp³-hybridized carbons (Fsp3) is 0.235. The van der Waals surface area contributed by atoms with Crippen molar-refractivity contribution in [3.63, 3.8) is 0 Å². The molecule has 0 aliphatic carbocycles. The van der Waals surface area contributed by atoms with Crippen LogP contribution in [0, 0.1) is 37.1 Å². The molecule has 4 atom stereocenters. The van der Waals surface area contributed by atoms with E-state index in [2.05, 4.69) is 41.8 Å². The van der Waals surface area contributed by atoms with Crippen LogP contribution >= 0.6 is 31.9 Å². The van der Waals surface area contributed by atoms with Crippen molar-refractivity contribution < 1.29 is 27.0 Å². The highest BCUT2D eigenvalue weighted by atomic mass is 79.9. The highest BCUT2D eigenvalue weighted by Crippen LogP contribution is 2.36. The van der Waals surface area contributed by atoms with Crippen LogP contribution in [0.1, 0.15) is 59.3 Å². The molecule has 6 rings (SSSR count). The van der Waals surface area contributed by atoms with Gasteiger partial charge in [-0.2, -0.15) is 0 Å². The average Bonchev–Trinajstić information content (AvgIpc) is 3.51. The van der Waals surface area contributed by atoms with Crippen molar-refractivity contribution in [2.45, 2.75) is 52.0 Å². The Balaban J connectivity index is 0.000000175. The number of aryl methyl sites for hydroxylation is 2. The SMILES string of the molecule is Cc1cc(Br)ccc1[C@@H]1N=C(c2c(F)cccc2F)O[C@@H]1C.Cc1cc(Br)ccc1[C@H]1N=C(c2c(F)cccc2F)O[C@H]1C. The molecule has 0 radical (unpaired) electrons. The summed E-state index contributed by atoms with van der Waals surface area (Å²) in [5.41, 5.74) is 3.67. The van der Waals surface area contributed by atoms with E-state index in [1.807, 2.05) is 64.1 Å². The van der Waals surface area contributed by atoms with E-state index >= 15 is 0 Å². The number of benzene rings is 4. The zero-order chi connectivity index (χ0) is 31.7. The molecule has 0 saturated carbocycles. The molecule has 0 spiro atoms. The van der Waals surface area contributed by atoms with Crippen molar-refractivity contribution in [1.82, 2.24) is 0 Å². The standard InChI is InChI=1S/2C17H14BrF2NO/c2*1-9-8-11(18)6-7-12(9)16-10(2)22-17(21-16)15-13(19)4-3-5-14(15)20/h2*3-8,10,16H,1-2H3/t2*10-,16-/m10/s1. The summed E-state index contributed by atoms with van der Waals surface area (Å²) < 4.78 is 68.7. The Morgan fingerprint density at radius 3 is 1.23 bits per heavy atom. The molecule has 4 aromatic rings. The van der Waals surface area contributed by atoms with Gasteiger partial charge in [-0.15, -0.1) is 0 Å². The summed E-state index contributed by atoms with van der Waals surface area (Å²) in [6, 6.07) is 18.6. The van der Waals surface area contributed by atoms with Crippen molar-refractivity contribution in [2.24, 2.45) is 9.98 Å². The Bertz CT molecular complexity index is 1610. The lowest BCUT2D eigenvalue weighted by molar-refractivity contribution is 0.212. The molecule has 2 aliphatic heterocycles. The number of halogens is 6. The summed E-state index contributed by atoms with van der Waals surface area (Å²) >= 11 is 6.84. The summed E-state index contributed by atoms with van der Waals surface area (Å²) in [6.45, 7) is 7.65. The van der Waals surface area contributed by atoms with Gasteiger partial charge in [0, 0.05) is 8.95 Å². The molecule has 4 aromatic carbocycles. The molecule has 0 unspecified atom stereocenters. The molecule has 2 heterocycles. The molecule has 0 N–H and O–H groups in total. The second-order valence-electron chi connectivity index (χ2n) is 10.6. The number of hydrogen-bond acceptors (Lipinski definition) is 4. The van der Waals surface area contributed by atoms with Crippen molar-refractivity contribution in [3.05, 3.63) is 138 Å². The van der Waals surface area contributed by atoms with Crippen LogP contribution in [0.15, 0.2) is 91.7 Å². The van der Waals surface area contributed by atoms with E-state index in [1.54, 1.807) is 0 Å². The van der Waals surface area contributed by atoms with E-state index in [1.165, 1.54) is 36.4 Å². The maximum atomic E-state index is 13.9. The topological polar surface area (TPSA) is 43.2 Å². The minimum atomic E-state index is -0.667. The maximum absolute atomic E-state index is 13.9. The van der Waals surface area contributed by atoms with Crippen molar-refractivity contribution in [3.8, 4) is 0 Å². The lowest BCUT2D eigenvalue weighted by Crippen LogP contribution is -2.14. The molecular formula is C34H28Br2F4N2O2. The molecule has 0 amide bonds. The summed E-state index contributed by atoms with van der Waals surface area (Å²) in [7, 11) is 0. The van der Waals surface area contributed by atoms with Crippen LogP contribution in [0.2, 0.25) is 0 Å². The third-order valence-electron chi connectivity index (χ3n) is 7.45. The predicted octanol–water partition coefficient (Wildman–Crippen LogP) is 9.88. The Kier molecular flexibility index (Phi) is 9.60. The van der Waals surface area contributed by atoms with E-state index in [0.29, 0.717) is 0 Å². The Labute approximate surface area is 270 Å². The first-order valence-electron chi connectivity index (χ1n) is 13.8. The lowest BCUT2D eigenvalue weighted by atomic mass is 9.99. The minimum absolute atomic E-state index is 0.0235. The van der Waals surface area contributed by atoms with Gasteiger partial charge >= 0.3 is 0 Å². The highest BCUT2D eigenvalue weighted by Gasteiger charge is 2.34. The first kappa shape index (κ1) is 31.9. The molecule has 10 heteroatoms. The first-order chi connectivity index (χ1) is 20.9. The van der Waals surface area contributed by atoms with E-state index in [0.717, 1.165) is 31.2 Å². The van der Waals surface area contributed by atoms with Crippen molar-refractivity contribution in [1.29, 1.82) is 0 Å². The molecule has 0 bridgehead atoms. The smallest absolute Gasteiger partial charge is 0.223 e. The largest absolute Gasteiger partial charge is 0.472 e. The Morgan fingerprint density at radius 1 is 0.568 bits per heavy atom. The van der Waals surface area contributed by atoms with E-state index in [-0.39, 0.29) is 47.2 Å². The monoisotopic (exact) mass is 730 g/mol. The predicted molar refractivity (Wildman–Crippen MR) is 170 cm³/mol. The van der Waals surface area contributed by atoms with Crippen LogP contribution in [-0.2, 0) is 9.47 Å². The third-order valence-corrected chi connectivity index (χ3v) is 8.44. The molecule has 44 heavy (non-hydrogen) atoms. The van der Waals surface area contributed by atoms with Gasteiger partial charge in [-0.1, -0.05) is 56.1 Å². The van der Waals surface area contributed by atoms with Crippen LogP contribution in [0.3, 0.4) is 0 Å². The lowest BCUT2D eigenvalue weighted by Gasteiger charge is -2.15. The molecule has 2 aliphatic rings. The zero-order valence-electron chi connectivity index (χ0n) is 24.2. The number of nitrogens with zero attached hydrogens (tertiary/aromatic N) is 2. The van der Waals surface area contributed by atoms with Crippen molar-refractivity contribution >= 4 is 43.7 Å². The number of hydrogen-bond donors (Lipinski definition) is 0. The van der Waals surface area contributed by atoms with Gasteiger partial charge < -0.3 is 9.47 Å². The van der Waals surface area contributed by atoms with Crippen molar-refractivity contribution in [2.75, 3.05) is 0 Å². The maximum Gasteiger partial charge on any atom is 0.223 e. The molecule has 228 valence electrons. The quantitative estimate of drug-likeness (QED) is 0.196. The molecule has 0 aromatic heterocycles. The second kappa shape index (κ2) is 13.2. The summed E-state index contributed by atoms with van der Waals surface area (Å²) in [5, 5.41) is 0. The number of ether oxygens (including phenoxy) is 2. The van der Waals surface area contributed by atoms with Gasteiger partial charge in [0.05, 0.1) is 0 Å². The average molecular weight is 732 g/mol.